The predicted molar refractivity (Wildman–Crippen MR) is 113 cm³/mol. The molecule has 0 saturated carbocycles. The van der Waals surface area contributed by atoms with E-state index in [0.717, 1.165) is 78.2 Å². The number of aryl methyl sites for hydroxylation is 1. The third-order valence-electron chi connectivity index (χ3n) is 5.42. The lowest BCUT2D eigenvalue weighted by molar-refractivity contribution is 0.0170. The van der Waals surface area contributed by atoms with Crippen LogP contribution in [0.5, 0.6) is 0 Å². The van der Waals surface area contributed by atoms with Gasteiger partial charge in [-0.3, -0.25) is 14.8 Å². The number of guanidine groups is 1. The summed E-state index contributed by atoms with van der Waals surface area (Å²) in [5, 5.41) is 6.99. The van der Waals surface area contributed by atoms with Gasteiger partial charge < -0.3 is 20.1 Å². The van der Waals surface area contributed by atoms with E-state index in [2.05, 4.69) is 56.6 Å². The Balaban J connectivity index is 1.53. The number of benzene rings is 1. The van der Waals surface area contributed by atoms with Gasteiger partial charge in [0.2, 0.25) is 0 Å². The van der Waals surface area contributed by atoms with Crippen LogP contribution in [-0.4, -0.2) is 95.0 Å². The van der Waals surface area contributed by atoms with Crippen molar-refractivity contribution in [2.45, 2.75) is 13.0 Å². The standard InChI is InChI=1S/C21H35N5O2/c1-18-4-3-5-19(16-18)20(26-10-14-28-15-11-26)17-24-21(22-2)23-6-7-25-8-12-27-13-9-25/h3-5,16,20H,6-15,17H2,1-2H3,(H2,22,23,24). The van der Waals surface area contributed by atoms with Gasteiger partial charge in [0.15, 0.2) is 5.96 Å². The number of morpholine rings is 2. The van der Waals surface area contributed by atoms with Gasteiger partial charge in [-0.25, -0.2) is 0 Å². The summed E-state index contributed by atoms with van der Waals surface area (Å²) in [6.07, 6.45) is 0. The minimum Gasteiger partial charge on any atom is -0.379 e. The number of hydrogen-bond acceptors (Lipinski definition) is 5. The largest absolute Gasteiger partial charge is 0.379 e. The number of nitrogens with one attached hydrogen (secondary N) is 2. The van der Waals surface area contributed by atoms with Crippen LogP contribution in [0.4, 0.5) is 0 Å². The molecular weight excluding hydrogens is 354 g/mol. The van der Waals surface area contributed by atoms with Crippen LogP contribution >= 0.6 is 0 Å². The van der Waals surface area contributed by atoms with E-state index < -0.39 is 0 Å². The fourth-order valence-electron chi connectivity index (χ4n) is 3.80. The van der Waals surface area contributed by atoms with Gasteiger partial charge in [0.1, 0.15) is 0 Å². The van der Waals surface area contributed by atoms with Gasteiger partial charge in [0, 0.05) is 52.9 Å². The third kappa shape index (κ3) is 6.44. The predicted octanol–water partition coefficient (Wildman–Crippen LogP) is 0.866. The highest BCUT2D eigenvalue weighted by Gasteiger charge is 2.23. The van der Waals surface area contributed by atoms with E-state index in [1.165, 1.54) is 11.1 Å². The molecule has 156 valence electrons. The number of rotatable bonds is 7. The maximum atomic E-state index is 5.56. The van der Waals surface area contributed by atoms with Crippen molar-refractivity contribution in [3.8, 4) is 0 Å². The number of nitrogens with zero attached hydrogens (tertiary/aromatic N) is 3. The Bertz CT molecular complexity index is 613. The lowest BCUT2D eigenvalue weighted by Gasteiger charge is -2.35. The summed E-state index contributed by atoms with van der Waals surface area (Å²) < 4.78 is 11.0. The molecule has 0 amide bonds. The molecule has 2 heterocycles. The maximum absolute atomic E-state index is 5.56. The Morgan fingerprint density at radius 3 is 2.46 bits per heavy atom. The molecule has 1 aromatic carbocycles. The molecule has 2 aliphatic rings. The van der Waals surface area contributed by atoms with Crippen LogP contribution in [0.15, 0.2) is 29.3 Å². The van der Waals surface area contributed by atoms with Crippen molar-refractivity contribution in [2.75, 3.05) is 79.3 Å². The average Bonchev–Trinajstić information content (AvgIpc) is 2.74. The van der Waals surface area contributed by atoms with Gasteiger partial charge in [-0.2, -0.15) is 0 Å². The summed E-state index contributed by atoms with van der Waals surface area (Å²) in [6, 6.07) is 9.12. The zero-order chi connectivity index (χ0) is 19.6. The Hall–Kier alpha value is -1.67. The zero-order valence-corrected chi connectivity index (χ0v) is 17.3. The average molecular weight is 390 g/mol. The highest BCUT2D eigenvalue weighted by Crippen LogP contribution is 2.22. The van der Waals surface area contributed by atoms with Crippen LogP contribution in [-0.2, 0) is 9.47 Å². The molecule has 7 nitrogen and oxygen atoms in total. The second-order valence-corrected chi connectivity index (χ2v) is 7.41. The summed E-state index contributed by atoms with van der Waals surface area (Å²) in [7, 11) is 1.83. The lowest BCUT2D eigenvalue weighted by Crippen LogP contribution is -2.48. The summed E-state index contributed by atoms with van der Waals surface area (Å²) in [5.41, 5.74) is 2.64. The summed E-state index contributed by atoms with van der Waals surface area (Å²) in [6.45, 7) is 12.1. The molecule has 3 rings (SSSR count). The molecule has 2 saturated heterocycles. The SMILES string of the molecule is CN=C(NCCN1CCOCC1)NCC(c1cccc(C)c1)N1CCOCC1. The first-order chi connectivity index (χ1) is 13.8. The third-order valence-corrected chi connectivity index (χ3v) is 5.42. The minimum atomic E-state index is 0.307. The van der Waals surface area contributed by atoms with E-state index in [0.29, 0.717) is 6.04 Å². The van der Waals surface area contributed by atoms with Crippen molar-refractivity contribution < 1.29 is 9.47 Å². The summed E-state index contributed by atoms with van der Waals surface area (Å²) in [4.78, 5) is 9.34. The monoisotopic (exact) mass is 389 g/mol. The fourth-order valence-corrected chi connectivity index (χ4v) is 3.80. The first-order valence-electron chi connectivity index (χ1n) is 10.4. The molecule has 7 heteroatoms. The van der Waals surface area contributed by atoms with Gasteiger partial charge in [0.05, 0.1) is 32.5 Å². The van der Waals surface area contributed by atoms with E-state index in [9.17, 15) is 0 Å². The molecule has 2 N–H and O–H groups in total. The highest BCUT2D eigenvalue weighted by molar-refractivity contribution is 5.79. The Kier molecular flexibility index (Phi) is 8.54. The summed E-state index contributed by atoms with van der Waals surface area (Å²) in [5.74, 6) is 0.860. The molecule has 0 aliphatic carbocycles. The Morgan fingerprint density at radius 2 is 1.79 bits per heavy atom. The molecule has 28 heavy (non-hydrogen) atoms. The maximum Gasteiger partial charge on any atom is 0.191 e. The van der Waals surface area contributed by atoms with Crippen molar-refractivity contribution in [1.82, 2.24) is 20.4 Å². The first-order valence-corrected chi connectivity index (χ1v) is 10.4. The van der Waals surface area contributed by atoms with Crippen molar-refractivity contribution in [1.29, 1.82) is 0 Å². The van der Waals surface area contributed by atoms with E-state index in [1.54, 1.807) is 0 Å². The van der Waals surface area contributed by atoms with Gasteiger partial charge in [-0.15, -0.1) is 0 Å². The van der Waals surface area contributed by atoms with Gasteiger partial charge in [-0.1, -0.05) is 29.8 Å². The lowest BCUT2D eigenvalue weighted by atomic mass is 10.0. The number of hydrogen-bond donors (Lipinski definition) is 2. The number of ether oxygens (including phenoxy) is 2. The van der Waals surface area contributed by atoms with Crippen LogP contribution < -0.4 is 10.6 Å². The second-order valence-electron chi connectivity index (χ2n) is 7.41. The van der Waals surface area contributed by atoms with Crippen LogP contribution in [0.1, 0.15) is 17.2 Å². The zero-order valence-electron chi connectivity index (χ0n) is 17.3. The Labute approximate surface area is 169 Å². The van der Waals surface area contributed by atoms with Gasteiger partial charge in [-0.05, 0) is 12.5 Å². The van der Waals surface area contributed by atoms with E-state index in [1.807, 2.05) is 7.05 Å². The van der Waals surface area contributed by atoms with Crippen LogP contribution in [0, 0.1) is 6.92 Å². The van der Waals surface area contributed by atoms with Crippen LogP contribution in [0.25, 0.3) is 0 Å². The molecule has 1 atom stereocenters. The molecule has 0 bridgehead atoms. The molecular formula is C21H35N5O2. The first kappa shape index (κ1) is 21.0. The molecule has 2 aliphatic heterocycles. The van der Waals surface area contributed by atoms with E-state index >= 15 is 0 Å². The van der Waals surface area contributed by atoms with Crippen molar-refractivity contribution >= 4 is 5.96 Å². The van der Waals surface area contributed by atoms with Gasteiger partial charge in [0.25, 0.3) is 0 Å². The van der Waals surface area contributed by atoms with Gasteiger partial charge >= 0.3 is 0 Å². The van der Waals surface area contributed by atoms with Crippen molar-refractivity contribution in [3.63, 3.8) is 0 Å². The van der Waals surface area contributed by atoms with E-state index in [-0.39, 0.29) is 0 Å². The minimum absolute atomic E-state index is 0.307. The molecule has 0 aromatic heterocycles. The topological polar surface area (TPSA) is 61.4 Å². The fraction of sp³-hybridized carbons (Fsp3) is 0.667. The second kappa shape index (κ2) is 11.4. The normalized spacial score (nSPS) is 20.7. The number of aliphatic imine (C=N–C) groups is 1. The Morgan fingerprint density at radius 1 is 1.07 bits per heavy atom. The molecule has 1 aromatic rings. The molecule has 1 unspecified atom stereocenters. The highest BCUT2D eigenvalue weighted by atomic mass is 16.5. The summed E-state index contributed by atoms with van der Waals surface area (Å²) >= 11 is 0. The van der Waals surface area contributed by atoms with Crippen LogP contribution in [0.2, 0.25) is 0 Å². The van der Waals surface area contributed by atoms with E-state index in [4.69, 9.17) is 9.47 Å². The van der Waals surface area contributed by atoms with Crippen molar-refractivity contribution in [2.24, 2.45) is 4.99 Å². The van der Waals surface area contributed by atoms with Crippen LogP contribution in [0.3, 0.4) is 0 Å². The quantitative estimate of drug-likeness (QED) is 0.533. The molecule has 0 spiro atoms. The molecule has 0 radical (unpaired) electrons. The van der Waals surface area contributed by atoms with Crippen molar-refractivity contribution in [3.05, 3.63) is 35.4 Å². The smallest absolute Gasteiger partial charge is 0.191 e. The molecule has 2 fully saturated rings.